The maximum Gasteiger partial charge on any atom is 0.237 e. The highest BCUT2D eigenvalue weighted by Gasteiger charge is 2.37. The van der Waals surface area contributed by atoms with Crippen molar-refractivity contribution in [3.63, 3.8) is 0 Å². The first-order chi connectivity index (χ1) is 9.66. The van der Waals surface area contributed by atoms with E-state index in [1.54, 1.807) is 0 Å². The van der Waals surface area contributed by atoms with Gasteiger partial charge in [0.05, 0.1) is 6.54 Å². The van der Waals surface area contributed by atoms with E-state index >= 15 is 0 Å². The summed E-state index contributed by atoms with van der Waals surface area (Å²) in [6.45, 7) is 3.91. The van der Waals surface area contributed by atoms with Gasteiger partial charge in [0.1, 0.15) is 0 Å². The minimum atomic E-state index is 0.386. The zero-order valence-corrected chi connectivity index (χ0v) is 13.2. The molecule has 3 rings (SSSR count). The molecule has 0 N–H and O–H groups in total. The topological polar surface area (TPSA) is 23.6 Å². The van der Waals surface area contributed by atoms with E-state index < -0.39 is 0 Å². The van der Waals surface area contributed by atoms with E-state index in [0.29, 0.717) is 24.5 Å². The molecule has 0 radical (unpaired) electrons. The third-order valence-electron chi connectivity index (χ3n) is 5.95. The summed E-state index contributed by atoms with van der Waals surface area (Å²) < 4.78 is 0. The maximum atomic E-state index is 12.7. The lowest BCUT2D eigenvalue weighted by Crippen LogP contribution is -2.52. The predicted octanol–water partition coefficient (Wildman–Crippen LogP) is 2.90. The molecule has 0 aromatic rings. The summed E-state index contributed by atoms with van der Waals surface area (Å²) in [7, 11) is 2.13. The van der Waals surface area contributed by atoms with Crippen molar-refractivity contribution >= 4 is 5.91 Å². The Hall–Kier alpha value is -0.570. The standard InChI is InChI=1S/C17H30N2O/c1-13(14-9-10-14)18(2)12-17(20)19-11-5-7-15-6-3-4-8-16(15)19/h13-16H,3-12H2,1-2H3/t13-,15+,16-/m1/s1. The van der Waals surface area contributed by atoms with Crippen molar-refractivity contribution in [2.45, 2.75) is 70.4 Å². The molecule has 2 aliphatic carbocycles. The third-order valence-corrected chi connectivity index (χ3v) is 5.95. The quantitative estimate of drug-likeness (QED) is 0.789. The van der Waals surface area contributed by atoms with Gasteiger partial charge in [0.25, 0.3) is 0 Å². The number of rotatable bonds is 4. The van der Waals surface area contributed by atoms with Gasteiger partial charge < -0.3 is 4.90 Å². The van der Waals surface area contributed by atoms with Gasteiger partial charge in [0.2, 0.25) is 5.91 Å². The average Bonchev–Trinajstić information content (AvgIpc) is 3.30. The monoisotopic (exact) mass is 278 g/mol. The number of amides is 1. The predicted molar refractivity (Wildman–Crippen MR) is 81.5 cm³/mol. The minimum absolute atomic E-state index is 0.386. The van der Waals surface area contributed by atoms with Crippen LogP contribution in [0.5, 0.6) is 0 Å². The van der Waals surface area contributed by atoms with Gasteiger partial charge in [0, 0.05) is 18.6 Å². The van der Waals surface area contributed by atoms with Crippen LogP contribution in [-0.4, -0.2) is 47.9 Å². The summed E-state index contributed by atoms with van der Waals surface area (Å²) in [5.74, 6) is 2.03. The SMILES string of the molecule is C[C@H](C1CC1)N(C)CC(=O)N1CCC[C@@H]2CCCC[C@H]21. The summed E-state index contributed by atoms with van der Waals surface area (Å²) in [6.07, 6.45) is 10.6. The fraction of sp³-hybridized carbons (Fsp3) is 0.941. The van der Waals surface area contributed by atoms with Crippen LogP contribution in [0.15, 0.2) is 0 Å². The van der Waals surface area contributed by atoms with E-state index in [4.69, 9.17) is 0 Å². The Morgan fingerprint density at radius 1 is 1.15 bits per heavy atom. The number of fused-ring (bicyclic) bond motifs is 1. The maximum absolute atomic E-state index is 12.7. The van der Waals surface area contributed by atoms with Crippen molar-refractivity contribution in [1.82, 2.24) is 9.80 Å². The Bertz CT molecular complexity index is 351. The smallest absolute Gasteiger partial charge is 0.237 e. The molecule has 0 aromatic carbocycles. The number of carbonyl (C=O) groups is 1. The first kappa shape index (κ1) is 14.4. The lowest BCUT2D eigenvalue weighted by Gasteiger charge is -2.44. The lowest BCUT2D eigenvalue weighted by atomic mass is 9.78. The van der Waals surface area contributed by atoms with Crippen LogP contribution in [0.25, 0.3) is 0 Å². The van der Waals surface area contributed by atoms with Crippen LogP contribution in [0, 0.1) is 11.8 Å². The Kier molecular flexibility index (Phi) is 4.34. The number of carbonyl (C=O) groups excluding carboxylic acids is 1. The highest BCUT2D eigenvalue weighted by Crippen LogP contribution is 2.36. The van der Waals surface area contributed by atoms with Gasteiger partial charge in [-0.3, -0.25) is 9.69 Å². The second kappa shape index (κ2) is 6.05. The minimum Gasteiger partial charge on any atom is -0.338 e. The number of nitrogens with zero attached hydrogens (tertiary/aromatic N) is 2. The van der Waals surface area contributed by atoms with Crippen LogP contribution >= 0.6 is 0 Å². The summed E-state index contributed by atoms with van der Waals surface area (Å²) in [5.41, 5.74) is 0. The first-order valence-corrected chi connectivity index (χ1v) is 8.66. The molecule has 0 spiro atoms. The number of hydrogen-bond donors (Lipinski definition) is 0. The van der Waals surface area contributed by atoms with Crippen molar-refractivity contribution in [2.75, 3.05) is 20.1 Å². The highest BCUT2D eigenvalue weighted by molar-refractivity contribution is 5.78. The summed E-state index contributed by atoms with van der Waals surface area (Å²) in [5, 5.41) is 0. The van der Waals surface area contributed by atoms with Gasteiger partial charge in [-0.05, 0) is 64.3 Å². The summed E-state index contributed by atoms with van der Waals surface area (Å²) >= 11 is 0. The van der Waals surface area contributed by atoms with Crippen molar-refractivity contribution in [3.8, 4) is 0 Å². The van der Waals surface area contributed by atoms with E-state index in [0.717, 1.165) is 18.4 Å². The Morgan fingerprint density at radius 3 is 2.60 bits per heavy atom. The zero-order chi connectivity index (χ0) is 14.1. The van der Waals surface area contributed by atoms with Gasteiger partial charge in [-0.25, -0.2) is 0 Å². The highest BCUT2D eigenvalue weighted by atomic mass is 16.2. The van der Waals surface area contributed by atoms with E-state index in [9.17, 15) is 4.79 Å². The van der Waals surface area contributed by atoms with Crippen LogP contribution < -0.4 is 0 Å². The molecule has 1 amide bonds. The molecule has 20 heavy (non-hydrogen) atoms. The Morgan fingerprint density at radius 2 is 1.85 bits per heavy atom. The van der Waals surface area contributed by atoms with Crippen molar-refractivity contribution in [3.05, 3.63) is 0 Å². The molecule has 1 saturated heterocycles. The molecule has 3 aliphatic rings. The molecular weight excluding hydrogens is 248 g/mol. The lowest BCUT2D eigenvalue weighted by molar-refractivity contribution is -0.139. The molecule has 2 saturated carbocycles. The summed E-state index contributed by atoms with van der Waals surface area (Å²) in [4.78, 5) is 17.2. The molecule has 114 valence electrons. The van der Waals surface area contributed by atoms with Gasteiger partial charge in [0.15, 0.2) is 0 Å². The van der Waals surface area contributed by atoms with Crippen LogP contribution in [0.4, 0.5) is 0 Å². The molecule has 0 aromatic heterocycles. The molecule has 0 bridgehead atoms. The van der Waals surface area contributed by atoms with Gasteiger partial charge in [-0.2, -0.15) is 0 Å². The second-order valence-electron chi connectivity index (χ2n) is 7.33. The molecule has 1 aliphatic heterocycles. The van der Waals surface area contributed by atoms with Crippen LogP contribution in [0.3, 0.4) is 0 Å². The molecule has 3 atom stereocenters. The first-order valence-electron chi connectivity index (χ1n) is 8.66. The largest absolute Gasteiger partial charge is 0.338 e. The van der Waals surface area contributed by atoms with E-state index in [-0.39, 0.29) is 0 Å². The zero-order valence-electron chi connectivity index (χ0n) is 13.2. The van der Waals surface area contributed by atoms with Crippen LogP contribution in [0.2, 0.25) is 0 Å². The van der Waals surface area contributed by atoms with Crippen molar-refractivity contribution in [2.24, 2.45) is 11.8 Å². The second-order valence-corrected chi connectivity index (χ2v) is 7.33. The molecule has 3 nitrogen and oxygen atoms in total. The Labute approximate surface area is 123 Å². The number of likely N-dealkylation sites (N-methyl/N-ethyl adjacent to an activating group) is 1. The Balaban J connectivity index is 1.57. The molecule has 0 unspecified atom stereocenters. The van der Waals surface area contributed by atoms with E-state index in [1.807, 2.05) is 0 Å². The number of likely N-dealkylation sites (tertiary alicyclic amines) is 1. The van der Waals surface area contributed by atoms with E-state index in [2.05, 4.69) is 23.8 Å². The summed E-state index contributed by atoms with van der Waals surface area (Å²) in [6, 6.07) is 1.14. The van der Waals surface area contributed by atoms with Gasteiger partial charge in [-0.1, -0.05) is 12.8 Å². The van der Waals surface area contributed by atoms with Crippen molar-refractivity contribution < 1.29 is 4.79 Å². The van der Waals surface area contributed by atoms with Crippen LogP contribution in [0.1, 0.15) is 58.3 Å². The normalized spacial score (nSPS) is 32.0. The molecular formula is C17H30N2O. The van der Waals surface area contributed by atoms with Gasteiger partial charge >= 0.3 is 0 Å². The van der Waals surface area contributed by atoms with Gasteiger partial charge in [-0.15, -0.1) is 0 Å². The molecule has 1 heterocycles. The fourth-order valence-corrected chi connectivity index (χ4v) is 4.32. The number of hydrogen-bond acceptors (Lipinski definition) is 2. The fourth-order valence-electron chi connectivity index (χ4n) is 4.32. The number of piperidine rings is 1. The van der Waals surface area contributed by atoms with Crippen molar-refractivity contribution in [1.29, 1.82) is 0 Å². The third kappa shape index (κ3) is 3.03. The molecule has 3 fully saturated rings. The van der Waals surface area contributed by atoms with Crippen LogP contribution in [-0.2, 0) is 4.79 Å². The average molecular weight is 278 g/mol. The molecule has 3 heteroatoms. The van der Waals surface area contributed by atoms with E-state index in [1.165, 1.54) is 51.4 Å².